The van der Waals surface area contributed by atoms with Crippen LogP contribution in [-0.4, -0.2) is 47.4 Å². The molecular weight excluding hydrogens is 388 g/mol. The van der Waals surface area contributed by atoms with Crippen molar-refractivity contribution in [1.82, 2.24) is 10.2 Å². The van der Waals surface area contributed by atoms with Crippen molar-refractivity contribution in [2.75, 3.05) is 18.5 Å². The number of amides is 4. The average molecular weight is 414 g/mol. The van der Waals surface area contributed by atoms with Crippen LogP contribution in [0.3, 0.4) is 0 Å². The van der Waals surface area contributed by atoms with Gasteiger partial charge in [-0.1, -0.05) is 26.0 Å². The normalized spacial score (nSPS) is 18.2. The molecule has 1 fully saturated rings. The van der Waals surface area contributed by atoms with E-state index in [1.807, 2.05) is 19.9 Å². The van der Waals surface area contributed by atoms with Gasteiger partial charge in [0.05, 0.1) is 12.5 Å². The molecule has 4 amide bonds. The predicted molar refractivity (Wildman–Crippen MR) is 108 cm³/mol. The van der Waals surface area contributed by atoms with E-state index >= 15 is 0 Å². The summed E-state index contributed by atoms with van der Waals surface area (Å²) in [5.41, 5.74) is 0.264. The van der Waals surface area contributed by atoms with E-state index in [9.17, 15) is 19.2 Å². The Morgan fingerprint density at radius 3 is 2.53 bits per heavy atom. The van der Waals surface area contributed by atoms with Crippen molar-refractivity contribution in [1.29, 1.82) is 5.26 Å². The largest absolute Gasteiger partial charge is 0.454 e. The molecule has 9 nitrogen and oxygen atoms in total. The minimum Gasteiger partial charge on any atom is -0.454 e. The van der Waals surface area contributed by atoms with Gasteiger partial charge in [0.15, 0.2) is 6.61 Å². The van der Waals surface area contributed by atoms with Crippen molar-refractivity contribution in [2.24, 2.45) is 5.92 Å². The molecule has 9 heteroatoms. The zero-order valence-corrected chi connectivity index (χ0v) is 17.4. The highest BCUT2D eigenvalue weighted by Gasteiger charge is 2.48. The number of hydrogen-bond acceptors (Lipinski definition) is 6. The first-order chi connectivity index (χ1) is 14.1. The number of nitriles is 1. The highest BCUT2D eigenvalue weighted by atomic mass is 16.5. The molecule has 0 radical (unpaired) electrons. The van der Waals surface area contributed by atoms with Crippen LogP contribution in [0.2, 0.25) is 0 Å². The summed E-state index contributed by atoms with van der Waals surface area (Å²) in [5.74, 6) is -1.53. The molecule has 1 heterocycles. The summed E-state index contributed by atoms with van der Waals surface area (Å²) in [6, 6.07) is 8.07. The van der Waals surface area contributed by atoms with Crippen molar-refractivity contribution >= 4 is 29.5 Å². The first-order valence-corrected chi connectivity index (χ1v) is 9.70. The lowest BCUT2D eigenvalue weighted by Gasteiger charge is -2.22. The Labute approximate surface area is 175 Å². The molecule has 0 aliphatic carbocycles. The van der Waals surface area contributed by atoms with E-state index in [2.05, 4.69) is 10.6 Å². The van der Waals surface area contributed by atoms with Gasteiger partial charge in [0.1, 0.15) is 12.1 Å². The molecule has 1 atom stereocenters. The third-order valence-corrected chi connectivity index (χ3v) is 4.74. The van der Waals surface area contributed by atoms with E-state index in [0.717, 1.165) is 16.9 Å². The fourth-order valence-corrected chi connectivity index (χ4v) is 2.95. The van der Waals surface area contributed by atoms with Crippen LogP contribution >= 0.6 is 0 Å². The summed E-state index contributed by atoms with van der Waals surface area (Å²) in [6.07, 6.45) is 1.49. The van der Waals surface area contributed by atoms with Gasteiger partial charge in [0.25, 0.3) is 11.8 Å². The van der Waals surface area contributed by atoms with Gasteiger partial charge in [0.2, 0.25) is 0 Å². The number of nitrogens with one attached hydrogen (secondary N) is 2. The molecule has 2 rings (SSSR count). The van der Waals surface area contributed by atoms with Gasteiger partial charge >= 0.3 is 12.0 Å². The van der Waals surface area contributed by atoms with Gasteiger partial charge in [-0.15, -0.1) is 0 Å². The first-order valence-electron chi connectivity index (χ1n) is 9.70. The highest BCUT2D eigenvalue weighted by Crippen LogP contribution is 2.24. The Bertz CT molecular complexity index is 859. The summed E-state index contributed by atoms with van der Waals surface area (Å²) < 4.78 is 4.90. The molecule has 1 aromatic rings. The zero-order valence-electron chi connectivity index (χ0n) is 17.4. The smallest absolute Gasteiger partial charge is 0.326 e. The molecule has 0 unspecified atom stereocenters. The number of ether oxygens (including phenoxy) is 1. The third kappa shape index (κ3) is 6.04. The summed E-state index contributed by atoms with van der Waals surface area (Å²) >= 11 is 0. The van der Waals surface area contributed by atoms with Crippen LogP contribution in [0.1, 0.15) is 39.2 Å². The Morgan fingerprint density at radius 1 is 1.27 bits per heavy atom. The van der Waals surface area contributed by atoms with Crippen LogP contribution in [0.25, 0.3) is 0 Å². The molecule has 0 bridgehead atoms. The van der Waals surface area contributed by atoms with Crippen LogP contribution < -0.4 is 10.6 Å². The highest BCUT2D eigenvalue weighted by molar-refractivity contribution is 6.08. The summed E-state index contributed by atoms with van der Waals surface area (Å²) in [5, 5.41) is 13.8. The molecule has 30 heavy (non-hydrogen) atoms. The summed E-state index contributed by atoms with van der Waals surface area (Å²) in [6.45, 7) is 4.57. The Hall–Kier alpha value is -3.41. The maximum Gasteiger partial charge on any atom is 0.326 e. The minimum absolute atomic E-state index is 0.269. The molecular formula is C21H26N4O5. The number of carbonyl (C=O) groups is 4. The second-order valence-electron chi connectivity index (χ2n) is 7.83. The molecule has 1 aliphatic rings. The van der Waals surface area contributed by atoms with Crippen molar-refractivity contribution in [3.05, 3.63) is 29.8 Å². The maximum absolute atomic E-state index is 12.6. The molecule has 160 valence electrons. The van der Waals surface area contributed by atoms with Gasteiger partial charge < -0.3 is 15.4 Å². The van der Waals surface area contributed by atoms with Crippen LogP contribution in [-0.2, 0) is 25.5 Å². The monoisotopic (exact) mass is 414 g/mol. The standard InChI is InChI=1S/C21H26N4O5/c1-14(2)8-10-21(3)19(28)25(20(29)24-21)12-18(27)30-13-17(26)23-16-6-4-15(5-7-16)9-11-22/h4-7,14H,8-10,12-13H2,1-3H3,(H,23,26)(H,24,29)/t21-/m1/s1. The predicted octanol–water partition coefficient (Wildman–Crippen LogP) is 1.98. The number of imide groups is 1. The minimum atomic E-state index is -1.04. The van der Waals surface area contributed by atoms with Crippen LogP contribution in [0.4, 0.5) is 10.5 Å². The fourth-order valence-electron chi connectivity index (χ4n) is 2.95. The van der Waals surface area contributed by atoms with E-state index in [0.29, 0.717) is 18.0 Å². The Balaban J connectivity index is 1.82. The van der Waals surface area contributed by atoms with E-state index in [-0.39, 0.29) is 6.42 Å². The van der Waals surface area contributed by atoms with Crippen LogP contribution in [0.5, 0.6) is 0 Å². The van der Waals surface area contributed by atoms with Gasteiger partial charge in [0, 0.05) is 5.69 Å². The fraction of sp³-hybridized carbons (Fsp3) is 0.476. The number of benzene rings is 1. The zero-order chi connectivity index (χ0) is 22.3. The van der Waals surface area contributed by atoms with E-state index < -0.39 is 42.5 Å². The number of anilines is 1. The van der Waals surface area contributed by atoms with Crippen molar-refractivity contribution < 1.29 is 23.9 Å². The Morgan fingerprint density at radius 2 is 1.93 bits per heavy atom. The molecule has 0 saturated carbocycles. The summed E-state index contributed by atoms with van der Waals surface area (Å²) in [4.78, 5) is 49.5. The maximum atomic E-state index is 12.6. The van der Waals surface area contributed by atoms with Gasteiger partial charge in [-0.05, 0) is 43.4 Å². The lowest BCUT2D eigenvalue weighted by molar-refractivity contribution is -0.150. The number of carbonyl (C=O) groups excluding carboxylic acids is 4. The van der Waals surface area contributed by atoms with E-state index in [4.69, 9.17) is 10.00 Å². The number of nitrogens with zero attached hydrogens (tertiary/aromatic N) is 2. The lowest BCUT2D eigenvalue weighted by Crippen LogP contribution is -2.44. The number of urea groups is 1. The molecule has 1 saturated heterocycles. The van der Waals surface area contributed by atoms with Crippen LogP contribution in [0.15, 0.2) is 24.3 Å². The number of rotatable bonds is 9. The van der Waals surface area contributed by atoms with Crippen molar-refractivity contribution in [3.8, 4) is 6.07 Å². The van der Waals surface area contributed by atoms with Gasteiger partial charge in [-0.3, -0.25) is 19.3 Å². The van der Waals surface area contributed by atoms with Gasteiger partial charge in [-0.25, -0.2) is 4.79 Å². The molecule has 0 spiro atoms. The van der Waals surface area contributed by atoms with E-state index in [1.165, 1.54) is 0 Å². The van der Waals surface area contributed by atoms with Crippen LogP contribution in [0, 0.1) is 17.2 Å². The molecule has 1 aliphatic heterocycles. The average Bonchev–Trinajstić information content (AvgIpc) is 2.90. The summed E-state index contributed by atoms with van der Waals surface area (Å²) in [7, 11) is 0. The molecule has 2 N–H and O–H groups in total. The Kier molecular flexibility index (Phi) is 7.53. The number of esters is 1. The first kappa shape index (κ1) is 22.9. The second-order valence-corrected chi connectivity index (χ2v) is 7.83. The van der Waals surface area contributed by atoms with Gasteiger partial charge in [-0.2, -0.15) is 5.26 Å². The second kappa shape index (κ2) is 9.87. The quantitative estimate of drug-likeness (QED) is 0.470. The SMILES string of the molecule is CC(C)CC[C@@]1(C)NC(=O)N(CC(=O)OCC(=O)Nc2ccc(CC#N)cc2)C1=O. The van der Waals surface area contributed by atoms with E-state index in [1.54, 1.807) is 31.2 Å². The topological polar surface area (TPSA) is 129 Å². The van der Waals surface area contributed by atoms with Crippen molar-refractivity contribution in [3.63, 3.8) is 0 Å². The third-order valence-electron chi connectivity index (χ3n) is 4.74. The van der Waals surface area contributed by atoms with Crippen molar-refractivity contribution in [2.45, 2.75) is 45.6 Å². The number of hydrogen-bond donors (Lipinski definition) is 2. The molecule has 0 aromatic heterocycles. The lowest BCUT2D eigenvalue weighted by atomic mass is 9.92. The molecule has 1 aromatic carbocycles.